The molecular formula is C12H20N2OS. The van der Waals surface area contributed by atoms with Crippen molar-refractivity contribution in [2.75, 3.05) is 0 Å². The van der Waals surface area contributed by atoms with Crippen LogP contribution in [0.1, 0.15) is 54.0 Å². The fourth-order valence-electron chi connectivity index (χ4n) is 1.79. The normalized spacial score (nSPS) is 11.6. The Balaban J connectivity index is 2.76. The molecule has 1 rings (SSSR count). The first-order chi connectivity index (χ1) is 7.35. The smallest absolute Gasteiger partial charge is 0.263 e. The molecule has 1 aromatic rings. The highest BCUT2D eigenvalue weighted by atomic mass is 32.1. The maximum Gasteiger partial charge on any atom is 0.263 e. The molecule has 0 aliphatic carbocycles. The molecule has 0 spiro atoms. The lowest BCUT2D eigenvalue weighted by Crippen LogP contribution is -2.43. The zero-order chi connectivity index (χ0) is 12.3. The van der Waals surface area contributed by atoms with Gasteiger partial charge in [-0.05, 0) is 34.1 Å². The third-order valence-electron chi connectivity index (χ3n) is 2.44. The van der Waals surface area contributed by atoms with E-state index in [1.54, 1.807) is 0 Å². The number of thiazole rings is 1. The van der Waals surface area contributed by atoms with Gasteiger partial charge in [0.2, 0.25) is 0 Å². The van der Waals surface area contributed by atoms with Crippen molar-refractivity contribution in [3.05, 3.63) is 15.6 Å². The van der Waals surface area contributed by atoms with Gasteiger partial charge in [0.15, 0.2) is 0 Å². The first-order valence-corrected chi connectivity index (χ1v) is 6.44. The molecule has 16 heavy (non-hydrogen) atoms. The van der Waals surface area contributed by atoms with Gasteiger partial charge in [0.25, 0.3) is 5.91 Å². The minimum absolute atomic E-state index is 0.00144. The van der Waals surface area contributed by atoms with E-state index in [1.165, 1.54) is 11.3 Å². The van der Waals surface area contributed by atoms with Crippen LogP contribution in [0.25, 0.3) is 0 Å². The Labute approximate surface area is 101 Å². The predicted molar refractivity (Wildman–Crippen MR) is 68.0 cm³/mol. The van der Waals surface area contributed by atoms with Crippen LogP contribution >= 0.6 is 11.3 Å². The van der Waals surface area contributed by atoms with Gasteiger partial charge in [0.05, 0.1) is 10.7 Å². The van der Waals surface area contributed by atoms with E-state index in [-0.39, 0.29) is 11.4 Å². The number of carbonyl (C=O) groups excluding carboxylic acids is 1. The van der Waals surface area contributed by atoms with Crippen molar-refractivity contribution in [3.8, 4) is 0 Å². The molecule has 4 heteroatoms. The molecular weight excluding hydrogens is 220 g/mol. The fourth-order valence-corrected chi connectivity index (χ4v) is 2.61. The lowest BCUT2D eigenvalue weighted by atomic mass is 9.99. The molecule has 0 aliphatic heterocycles. The number of hydrogen-bond acceptors (Lipinski definition) is 3. The van der Waals surface area contributed by atoms with Gasteiger partial charge in [-0.15, -0.1) is 11.3 Å². The fraction of sp³-hybridized carbons (Fsp3) is 0.667. The van der Waals surface area contributed by atoms with Gasteiger partial charge >= 0.3 is 0 Å². The zero-order valence-electron chi connectivity index (χ0n) is 10.7. The van der Waals surface area contributed by atoms with Crippen molar-refractivity contribution in [2.45, 2.75) is 53.0 Å². The van der Waals surface area contributed by atoms with E-state index in [0.29, 0.717) is 0 Å². The number of amides is 1. The Morgan fingerprint density at radius 1 is 1.44 bits per heavy atom. The van der Waals surface area contributed by atoms with Crippen LogP contribution in [0.3, 0.4) is 0 Å². The van der Waals surface area contributed by atoms with Crippen LogP contribution in [0.4, 0.5) is 0 Å². The molecule has 0 bridgehead atoms. The molecule has 0 saturated heterocycles. The average molecular weight is 240 g/mol. The largest absolute Gasteiger partial charge is 0.346 e. The molecule has 1 heterocycles. The molecule has 0 unspecified atom stereocenters. The van der Waals surface area contributed by atoms with E-state index in [9.17, 15) is 4.79 Å². The minimum atomic E-state index is -0.143. The first-order valence-electron chi connectivity index (χ1n) is 5.62. The molecule has 0 atom stereocenters. The molecule has 1 amide bonds. The monoisotopic (exact) mass is 240 g/mol. The molecule has 0 saturated carbocycles. The second-order valence-corrected chi connectivity index (χ2v) is 5.94. The summed E-state index contributed by atoms with van der Waals surface area (Å²) >= 11 is 1.46. The Hall–Kier alpha value is -0.900. The lowest BCUT2D eigenvalue weighted by molar-refractivity contribution is 0.0912. The van der Waals surface area contributed by atoms with Crippen LogP contribution < -0.4 is 5.32 Å². The van der Waals surface area contributed by atoms with Crippen LogP contribution in [-0.4, -0.2) is 16.4 Å². The van der Waals surface area contributed by atoms with Crippen molar-refractivity contribution in [1.29, 1.82) is 0 Å². The summed E-state index contributed by atoms with van der Waals surface area (Å²) in [5, 5.41) is 4.00. The zero-order valence-corrected chi connectivity index (χ0v) is 11.5. The highest BCUT2D eigenvalue weighted by molar-refractivity contribution is 7.13. The number of rotatable bonds is 4. The summed E-state index contributed by atoms with van der Waals surface area (Å²) in [6.45, 7) is 10.0. The highest BCUT2D eigenvalue weighted by Gasteiger charge is 2.22. The van der Waals surface area contributed by atoms with Crippen LogP contribution in [-0.2, 0) is 0 Å². The van der Waals surface area contributed by atoms with Crippen LogP contribution in [0.2, 0.25) is 0 Å². The molecule has 1 N–H and O–H groups in total. The molecule has 0 radical (unpaired) electrons. The molecule has 3 nitrogen and oxygen atoms in total. The molecule has 1 aromatic heterocycles. The van der Waals surface area contributed by atoms with E-state index in [0.717, 1.165) is 28.4 Å². The van der Waals surface area contributed by atoms with E-state index in [1.807, 2.05) is 13.8 Å². The summed E-state index contributed by atoms with van der Waals surface area (Å²) < 4.78 is 0. The highest BCUT2D eigenvalue weighted by Crippen LogP contribution is 2.19. The summed E-state index contributed by atoms with van der Waals surface area (Å²) in [6.07, 6.45) is 2.05. The van der Waals surface area contributed by atoms with E-state index >= 15 is 0 Å². The second kappa shape index (κ2) is 4.95. The second-order valence-electron chi connectivity index (χ2n) is 4.74. The summed E-state index contributed by atoms with van der Waals surface area (Å²) in [5.74, 6) is 0.00144. The number of aryl methyl sites for hydroxylation is 2. The number of nitrogens with zero attached hydrogens (tertiary/aromatic N) is 1. The lowest BCUT2D eigenvalue weighted by Gasteiger charge is -2.25. The number of nitrogens with one attached hydrogen (secondary N) is 1. The van der Waals surface area contributed by atoms with Crippen molar-refractivity contribution in [3.63, 3.8) is 0 Å². The summed E-state index contributed by atoms with van der Waals surface area (Å²) in [7, 11) is 0. The van der Waals surface area contributed by atoms with Crippen LogP contribution in [0, 0.1) is 13.8 Å². The van der Waals surface area contributed by atoms with Gasteiger partial charge in [0.1, 0.15) is 4.88 Å². The Morgan fingerprint density at radius 3 is 2.50 bits per heavy atom. The first kappa shape index (κ1) is 13.2. The Morgan fingerprint density at radius 2 is 2.06 bits per heavy atom. The Bertz CT molecular complexity index is 382. The quantitative estimate of drug-likeness (QED) is 0.878. The Kier molecular flexibility index (Phi) is 4.08. The van der Waals surface area contributed by atoms with E-state index in [4.69, 9.17) is 0 Å². The van der Waals surface area contributed by atoms with Gasteiger partial charge in [-0.2, -0.15) is 0 Å². The van der Waals surface area contributed by atoms with Gasteiger partial charge in [0, 0.05) is 5.54 Å². The molecule has 90 valence electrons. The third kappa shape index (κ3) is 3.30. The van der Waals surface area contributed by atoms with Crippen molar-refractivity contribution in [2.24, 2.45) is 0 Å². The maximum atomic E-state index is 12.0. The van der Waals surface area contributed by atoms with Crippen molar-refractivity contribution in [1.82, 2.24) is 10.3 Å². The molecule has 0 fully saturated rings. The van der Waals surface area contributed by atoms with Gasteiger partial charge in [-0.25, -0.2) is 4.98 Å². The van der Waals surface area contributed by atoms with E-state index in [2.05, 4.69) is 31.1 Å². The number of carbonyl (C=O) groups is 1. The summed E-state index contributed by atoms with van der Waals surface area (Å²) in [5.41, 5.74) is 0.684. The maximum absolute atomic E-state index is 12.0. The van der Waals surface area contributed by atoms with Crippen molar-refractivity contribution < 1.29 is 4.79 Å². The third-order valence-corrected chi connectivity index (χ3v) is 3.51. The van der Waals surface area contributed by atoms with Gasteiger partial charge in [-0.1, -0.05) is 13.3 Å². The molecule has 0 aromatic carbocycles. The summed E-state index contributed by atoms with van der Waals surface area (Å²) in [6, 6.07) is 0. The van der Waals surface area contributed by atoms with Crippen molar-refractivity contribution >= 4 is 17.2 Å². The van der Waals surface area contributed by atoms with Crippen LogP contribution in [0.5, 0.6) is 0 Å². The van der Waals surface area contributed by atoms with Crippen LogP contribution in [0.15, 0.2) is 0 Å². The summed E-state index contributed by atoms with van der Waals surface area (Å²) in [4.78, 5) is 17.0. The molecule has 0 aliphatic rings. The predicted octanol–water partition coefficient (Wildman–Crippen LogP) is 3.07. The minimum Gasteiger partial charge on any atom is -0.346 e. The van der Waals surface area contributed by atoms with E-state index < -0.39 is 0 Å². The van der Waals surface area contributed by atoms with Gasteiger partial charge < -0.3 is 5.32 Å². The average Bonchev–Trinajstić information content (AvgIpc) is 2.44. The number of aromatic nitrogens is 1. The SMILES string of the molecule is CCCC(C)(C)NC(=O)c1sc(C)nc1C. The number of hydrogen-bond donors (Lipinski definition) is 1. The topological polar surface area (TPSA) is 42.0 Å². The van der Waals surface area contributed by atoms with Gasteiger partial charge in [-0.3, -0.25) is 4.79 Å². The standard InChI is InChI=1S/C12H20N2OS/c1-6-7-12(4,5)14-11(15)10-8(2)13-9(3)16-10/h6-7H2,1-5H3,(H,14,15).